The Labute approximate surface area is 242 Å². The first-order valence-corrected chi connectivity index (χ1v) is 15.7. The van der Waals surface area contributed by atoms with Crippen molar-refractivity contribution in [1.82, 2.24) is 0 Å². The van der Waals surface area contributed by atoms with E-state index in [1.54, 1.807) is 0 Å². The first kappa shape index (κ1) is 30.3. The number of hydrogen-bond donors (Lipinski definition) is 0. The van der Waals surface area contributed by atoms with Crippen molar-refractivity contribution in [1.29, 1.82) is 0 Å². The Bertz CT molecular complexity index is 1010. The highest BCUT2D eigenvalue weighted by Gasteiger charge is 2.34. The molecule has 0 aliphatic heterocycles. The molecule has 0 bridgehead atoms. The number of carbonyl (C=O) groups excluding carboxylic acids is 2. The SMILES string of the molecule is CC(C)[C@H]1CC[C@H](C)C[C@H]1OC(=O)c1ccc(CCc2ccc(C(=O)O[C@H]3C[C@H](C)CC[C@H]3C(C)C)cc2)cc1. The molecular formula is C36H50O4. The number of ether oxygens (including phenoxy) is 2. The summed E-state index contributed by atoms with van der Waals surface area (Å²) in [5.41, 5.74) is 3.61. The van der Waals surface area contributed by atoms with E-state index < -0.39 is 0 Å². The fourth-order valence-electron chi connectivity index (χ4n) is 6.82. The van der Waals surface area contributed by atoms with Crippen LogP contribution in [0.25, 0.3) is 0 Å². The molecule has 2 saturated carbocycles. The number of hydrogen-bond acceptors (Lipinski definition) is 4. The topological polar surface area (TPSA) is 52.6 Å². The van der Waals surface area contributed by atoms with Crippen molar-refractivity contribution in [2.75, 3.05) is 0 Å². The van der Waals surface area contributed by atoms with Crippen molar-refractivity contribution in [3.8, 4) is 0 Å². The average Bonchev–Trinajstić information content (AvgIpc) is 2.92. The highest BCUT2D eigenvalue weighted by Crippen LogP contribution is 2.37. The Balaban J connectivity index is 1.28. The quantitative estimate of drug-likeness (QED) is 0.295. The number of rotatable bonds is 9. The van der Waals surface area contributed by atoms with E-state index in [4.69, 9.17) is 9.47 Å². The lowest BCUT2D eigenvalue weighted by molar-refractivity contribution is -0.0181. The molecule has 40 heavy (non-hydrogen) atoms. The first-order chi connectivity index (χ1) is 19.1. The lowest BCUT2D eigenvalue weighted by Crippen LogP contribution is -2.35. The minimum atomic E-state index is -0.207. The maximum atomic E-state index is 12.9. The van der Waals surface area contributed by atoms with Gasteiger partial charge >= 0.3 is 11.9 Å². The predicted octanol–water partition coefficient (Wildman–Crippen LogP) is 8.71. The smallest absolute Gasteiger partial charge is 0.338 e. The maximum absolute atomic E-state index is 12.9. The fraction of sp³-hybridized carbons (Fsp3) is 0.611. The molecule has 0 radical (unpaired) electrons. The Hall–Kier alpha value is -2.62. The van der Waals surface area contributed by atoms with Crippen molar-refractivity contribution < 1.29 is 19.1 Å². The highest BCUT2D eigenvalue weighted by atomic mass is 16.5. The first-order valence-electron chi connectivity index (χ1n) is 15.7. The van der Waals surface area contributed by atoms with Crippen molar-refractivity contribution >= 4 is 11.9 Å². The number of esters is 2. The molecule has 0 amide bonds. The Kier molecular flexibility index (Phi) is 10.5. The summed E-state index contributed by atoms with van der Waals surface area (Å²) in [6.07, 6.45) is 8.39. The molecule has 2 aromatic carbocycles. The van der Waals surface area contributed by atoms with Crippen LogP contribution in [-0.2, 0) is 22.3 Å². The van der Waals surface area contributed by atoms with Crippen LogP contribution in [0.3, 0.4) is 0 Å². The molecule has 0 N–H and O–H groups in total. The second-order valence-electron chi connectivity index (χ2n) is 13.4. The molecule has 0 aromatic heterocycles. The highest BCUT2D eigenvalue weighted by molar-refractivity contribution is 5.90. The second kappa shape index (κ2) is 13.8. The van der Waals surface area contributed by atoms with Gasteiger partial charge in [-0.05, 0) is 109 Å². The molecule has 218 valence electrons. The van der Waals surface area contributed by atoms with Gasteiger partial charge in [0.2, 0.25) is 0 Å². The van der Waals surface area contributed by atoms with Crippen LogP contribution in [-0.4, -0.2) is 24.1 Å². The van der Waals surface area contributed by atoms with Gasteiger partial charge < -0.3 is 9.47 Å². The fourth-order valence-corrected chi connectivity index (χ4v) is 6.82. The summed E-state index contributed by atoms with van der Waals surface area (Å²) in [5, 5.41) is 0. The molecule has 0 heterocycles. The molecule has 4 rings (SSSR count). The van der Waals surface area contributed by atoms with Crippen molar-refractivity contribution in [2.24, 2.45) is 35.5 Å². The van der Waals surface area contributed by atoms with Crippen molar-refractivity contribution in [3.05, 3.63) is 70.8 Å². The number of carbonyl (C=O) groups is 2. The standard InChI is InChI=1S/C36H50O4/c1-23(2)31-19-7-25(5)21-33(31)39-35(37)29-15-11-27(12-16-29)9-10-28-13-17-30(18-14-28)36(38)40-34-22-26(6)8-20-32(34)24(3)4/h11-18,23-26,31-34H,7-10,19-22H2,1-6H3/t25-,26+,31+,32-,33+,34-. The summed E-state index contributed by atoms with van der Waals surface area (Å²) in [5.74, 6) is 2.72. The van der Waals surface area contributed by atoms with Crippen LogP contribution in [0.4, 0.5) is 0 Å². The number of benzene rings is 2. The van der Waals surface area contributed by atoms with Gasteiger partial charge in [0.15, 0.2) is 0 Å². The van der Waals surface area contributed by atoms with Crippen LogP contribution < -0.4 is 0 Å². The minimum absolute atomic E-state index is 0.0130. The summed E-state index contributed by atoms with van der Waals surface area (Å²) >= 11 is 0. The molecule has 2 aromatic rings. The van der Waals surface area contributed by atoms with Crippen LogP contribution in [0.2, 0.25) is 0 Å². The zero-order chi connectivity index (χ0) is 28.8. The van der Waals surface area contributed by atoms with E-state index in [1.165, 1.54) is 24.0 Å². The molecule has 2 fully saturated rings. The van der Waals surface area contributed by atoms with E-state index in [2.05, 4.69) is 41.5 Å². The van der Waals surface area contributed by atoms with E-state index in [-0.39, 0.29) is 24.1 Å². The molecule has 0 unspecified atom stereocenters. The van der Waals surface area contributed by atoms with Crippen molar-refractivity contribution in [3.63, 3.8) is 0 Å². The second-order valence-corrected chi connectivity index (χ2v) is 13.4. The van der Waals surface area contributed by atoms with Gasteiger partial charge in [-0.3, -0.25) is 0 Å². The molecule has 4 heteroatoms. The third-order valence-electron chi connectivity index (χ3n) is 9.52. The zero-order valence-corrected chi connectivity index (χ0v) is 25.5. The Morgan fingerprint density at radius 1 is 0.625 bits per heavy atom. The van der Waals surface area contributed by atoms with E-state index in [1.807, 2.05) is 48.5 Å². The molecule has 0 saturated heterocycles. The van der Waals surface area contributed by atoms with Gasteiger partial charge in [0, 0.05) is 0 Å². The predicted molar refractivity (Wildman–Crippen MR) is 161 cm³/mol. The maximum Gasteiger partial charge on any atom is 0.338 e. The Morgan fingerprint density at radius 3 is 1.30 bits per heavy atom. The normalized spacial score (nSPS) is 27.0. The summed E-state index contributed by atoms with van der Waals surface area (Å²) in [7, 11) is 0. The van der Waals surface area contributed by atoms with Gasteiger partial charge in [0.25, 0.3) is 0 Å². The molecule has 6 atom stereocenters. The average molecular weight is 547 g/mol. The van der Waals surface area contributed by atoms with Crippen LogP contribution in [0, 0.1) is 35.5 Å². The lowest BCUT2D eigenvalue weighted by atomic mass is 9.75. The van der Waals surface area contributed by atoms with Crippen LogP contribution in [0.5, 0.6) is 0 Å². The molecule has 2 aliphatic rings. The summed E-state index contributed by atoms with van der Waals surface area (Å²) in [6.45, 7) is 13.4. The molecule has 2 aliphatic carbocycles. The molecular weight excluding hydrogens is 496 g/mol. The molecule has 0 spiro atoms. The monoisotopic (exact) mass is 546 g/mol. The zero-order valence-electron chi connectivity index (χ0n) is 25.5. The van der Waals surface area contributed by atoms with E-state index >= 15 is 0 Å². The lowest BCUT2D eigenvalue weighted by Gasteiger charge is -2.36. The summed E-state index contributed by atoms with van der Waals surface area (Å²) in [4.78, 5) is 25.8. The van der Waals surface area contributed by atoms with E-state index in [0.29, 0.717) is 46.6 Å². The number of aryl methyl sites for hydroxylation is 2. The molecule has 4 nitrogen and oxygen atoms in total. The van der Waals surface area contributed by atoms with Gasteiger partial charge in [-0.15, -0.1) is 0 Å². The Morgan fingerprint density at radius 2 is 0.975 bits per heavy atom. The summed E-state index contributed by atoms with van der Waals surface area (Å²) in [6, 6.07) is 15.7. The van der Waals surface area contributed by atoms with Crippen LogP contribution in [0.15, 0.2) is 48.5 Å². The van der Waals surface area contributed by atoms with E-state index in [9.17, 15) is 9.59 Å². The van der Waals surface area contributed by atoms with E-state index in [0.717, 1.165) is 38.5 Å². The minimum Gasteiger partial charge on any atom is -0.458 e. The third-order valence-corrected chi connectivity index (χ3v) is 9.52. The van der Waals surface area contributed by atoms with Crippen LogP contribution >= 0.6 is 0 Å². The van der Waals surface area contributed by atoms with Gasteiger partial charge in [0.1, 0.15) is 12.2 Å². The van der Waals surface area contributed by atoms with Crippen LogP contribution in [0.1, 0.15) is 112 Å². The van der Waals surface area contributed by atoms with Crippen molar-refractivity contribution in [2.45, 2.75) is 105 Å². The van der Waals surface area contributed by atoms with Gasteiger partial charge in [0.05, 0.1) is 11.1 Å². The largest absolute Gasteiger partial charge is 0.458 e. The van der Waals surface area contributed by atoms with Gasteiger partial charge in [-0.1, -0.05) is 78.6 Å². The summed E-state index contributed by atoms with van der Waals surface area (Å²) < 4.78 is 12.0. The van der Waals surface area contributed by atoms with Gasteiger partial charge in [-0.2, -0.15) is 0 Å². The van der Waals surface area contributed by atoms with Gasteiger partial charge in [-0.25, -0.2) is 9.59 Å². The third kappa shape index (κ3) is 7.98.